The number of nitrogens with one attached hydrogen (secondary N) is 2. The van der Waals surface area contributed by atoms with Crippen LogP contribution in [-0.4, -0.2) is 48.6 Å². The van der Waals surface area contributed by atoms with Crippen molar-refractivity contribution in [2.45, 2.75) is 63.5 Å². The van der Waals surface area contributed by atoms with Gasteiger partial charge in [-0.15, -0.1) is 0 Å². The molecule has 21 heavy (non-hydrogen) atoms. The van der Waals surface area contributed by atoms with Gasteiger partial charge in [0.15, 0.2) is 0 Å². The third-order valence-corrected chi connectivity index (χ3v) is 4.55. The summed E-state index contributed by atoms with van der Waals surface area (Å²) in [4.78, 5) is 24.8. The average molecular weight is 296 g/mol. The second-order valence-corrected chi connectivity index (χ2v) is 6.12. The number of carbonyl (C=O) groups excluding carboxylic acids is 2. The Bertz CT molecular complexity index is 354. The molecule has 120 valence electrons. The zero-order valence-electron chi connectivity index (χ0n) is 12.8. The molecule has 2 fully saturated rings. The standard InChI is InChI=1S/C15H28N4O2/c16-15(21)19-11-5-8-13(19)14(20)18-10-9-17-12-6-3-1-2-4-7-12/h12-13,17H,1-11H2,(H2,16,21)(H,18,20)/t13-/m0/s1. The number of rotatable bonds is 5. The molecule has 2 aliphatic rings. The van der Waals surface area contributed by atoms with E-state index in [1.807, 2.05) is 0 Å². The van der Waals surface area contributed by atoms with Gasteiger partial charge in [-0.05, 0) is 25.7 Å². The molecule has 0 aromatic heterocycles. The molecule has 6 nitrogen and oxygen atoms in total. The zero-order valence-corrected chi connectivity index (χ0v) is 12.8. The summed E-state index contributed by atoms with van der Waals surface area (Å²) in [5.41, 5.74) is 5.29. The summed E-state index contributed by atoms with van der Waals surface area (Å²) in [6.45, 7) is 1.99. The van der Waals surface area contributed by atoms with Gasteiger partial charge in [-0.3, -0.25) is 4.79 Å². The predicted molar refractivity (Wildman–Crippen MR) is 81.8 cm³/mol. The zero-order chi connectivity index (χ0) is 15.1. The van der Waals surface area contributed by atoms with Gasteiger partial charge < -0.3 is 21.3 Å². The molecule has 0 aromatic carbocycles. The lowest BCUT2D eigenvalue weighted by Crippen LogP contribution is -2.49. The number of carbonyl (C=O) groups is 2. The van der Waals surface area contributed by atoms with Crippen LogP contribution in [0.2, 0.25) is 0 Å². The highest BCUT2D eigenvalue weighted by molar-refractivity contribution is 5.87. The maximum absolute atomic E-state index is 12.1. The van der Waals surface area contributed by atoms with E-state index in [1.54, 1.807) is 0 Å². The Labute approximate surface area is 126 Å². The molecule has 1 aliphatic heterocycles. The second kappa shape index (κ2) is 8.22. The Balaban J connectivity index is 1.63. The van der Waals surface area contributed by atoms with Gasteiger partial charge in [-0.25, -0.2) is 4.79 Å². The van der Waals surface area contributed by atoms with E-state index >= 15 is 0 Å². The van der Waals surface area contributed by atoms with Crippen molar-refractivity contribution < 1.29 is 9.59 Å². The molecular weight excluding hydrogens is 268 g/mol. The van der Waals surface area contributed by atoms with Crippen LogP contribution < -0.4 is 16.4 Å². The smallest absolute Gasteiger partial charge is 0.315 e. The van der Waals surface area contributed by atoms with E-state index in [2.05, 4.69) is 10.6 Å². The number of nitrogens with zero attached hydrogens (tertiary/aromatic N) is 1. The topological polar surface area (TPSA) is 87.5 Å². The molecule has 0 spiro atoms. The first-order valence-electron chi connectivity index (χ1n) is 8.25. The van der Waals surface area contributed by atoms with E-state index in [-0.39, 0.29) is 11.9 Å². The van der Waals surface area contributed by atoms with Crippen LogP contribution in [0.1, 0.15) is 51.4 Å². The van der Waals surface area contributed by atoms with Gasteiger partial charge >= 0.3 is 6.03 Å². The van der Waals surface area contributed by atoms with Crippen molar-refractivity contribution in [3.63, 3.8) is 0 Å². The Hall–Kier alpha value is -1.30. The summed E-state index contributed by atoms with van der Waals surface area (Å²) in [5.74, 6) is -0.0750. The minimum absolute atomic E-state index is 0.0750. The molecule has 1 atom stereocenters. The number of likely N-dealkylation sites (tertiary alicyclic amines) is 1. The van der Waals surface area contributed by atoms with Crippen LogP contribution in [-0.2, 0) is 4.79 Å². The summed E-state index contributed by atoms with van der Waals surface area (Å²) in [6, 6.07) is -0.275. The lowest BCUT2D eigenvalue weighted by Gasteiger charge is -2.22. The minimum Gasteiger partial charge on any atom is -0.353 e. The number of primary amides is 1. The van der Waals surface area contributed by atoms with E-state index in [1.165, 1.54) is 43.4 Å². The number of nitrogens with two attached hydrogens (primary N) is 1. The SMILES string of the molecule is NC(=O)N1CCC[C@H]1C(=O)NCCNC1CCCCCC1. The summed E-state index contributed by atoms with van der Waals surface area (Å²) < 4.78 is 0. The highest BCUT2D eigenvalue weighted by Crippen LogP contribution is 2.17. The maximum Gasteiger partial charge on any atom is 0.315 e. The predicted octanol–water partition coefficient (Wildman–Crippen LogP) is 0.958. The molecule has 3 amide bonds. The maximum atomic E-state index is 12.1. The molecule has 1 aliphatic carbocycles. The van der Waals surface area contributed by atoms with Crippen LogP contribution in [0.4, 0.5) is 4.79 Å². The van der Waals surface area contributed by atoms with Crippen LogP contribution >= 0.6 is 0 Å². The first kappa shape index (κ1) is 16.1. The van der Waals surface area contributed by atoms with Crippen LogP contribution in [0.25, 0.3) is 0 Å². The van der Waals surface area contributed by atoms with E-state index in [0.29, 0.717) is 25.6 Å². The van der Waals surface area contributed by atoms with E-state index in [0.717, 1.165) is 13.0 Å². The number of amides is 3. The summed E-state index contributed by atoms with van der Waals surface area (Å²) in [6.07, 6.45) is 9.35. The summed E-state index contributed by atoms with van der Waals surface area (Å²) >= 11 is 0. The fraction of sp³-hybridized carbons (Fsp3) is 0.867. The number of hydrogen-bond donors (Lipinski definition) is 3. The van der Waals surface area contributed by atoms with E-state index < -0.39 is 6.03 Å². The van der Waals surface area contributed by atoms with Crippen molar-refractivity contribution in [1.82, 2.24) is 15.5 Å². The minimum atomic E-state index is -0.496. The monoisotopic (exact) mass is 296 g/mol. The van der Waals surface area contributed by atoms with Crippen LogP contribution in [0.5, 0.6) is 0 Å². The molecule has 4 N–H and O–H groups in total. The van der Waals surface area contributed by atoms with Crippen molar-refractivity contribution in [1.29, 1.82) is 0 Å². The molecule has 0 bridgehead atoms. The molecule has 1 saturated heterocycles. The normalized spacial score (nSPS) is 23.8. The quantitative estimate of drug-likeness (QED) is 0.521. The Morgan fingerprint density at radius 2 is 1.71 bits per heavy atom. The van der Waals surface area contributed by atoms with E-state index in [9.17, 15) is 9.59 Å². The highest BCUT2D eigenvalue weighted by atomic mass is 16.2. The van der Waals surface area contributed by atoms with Crippen molar-refractivity contribution in [2.24, 2.45) is 5.73 Å². The Morgan fingerprint density at radius 3 is 2.38 bits per heavy atom. The van der Waals surface area contributed by atoms with Gasteiger partial charge in [0.1, 0.15) is 6.04 Å². The molecule has 0 aromatic rings. The van der Waals surface area contributed by atoms with Crippen molar-refractivity contribution in [3.8, 4) is 0 Å². The fourth-order valence-electron chi connectivity index (χ4n) is 3.37. The lowest BCUT2D eigenvalue weighted by molar-refractivity contribution is -0.124. The van der Waals surface area contributed by atoms with Gasteiger partial charge in [0.2, 0.25) is 5.91 Å². The van der Waals surface area contributed by atoms with Crippen molar-refractivity contribution >= 4 is 11.9 Å². The molecule has 6 heteroatoms. The molecule has 1 heterocycles. The Kier molecular flexibility index (Phi) is 6.29. The van der Waals surface area contributed by atoms with Gasteiger partial charge in [0.05, 0.1) is 0 Å². The summed E-state index contributed by atoms with van der Waals surface area (Å²) in [7, 11) is 0. The number of hydrogen-bond acceptors (Lipinski definition) is 3. The van der Waals surface area contributed by atoms with Gasteiger partial charge in [-0.2, -0.15) is 0 Å². The third kappa shape index (κ3) is 4.88. The first-order valence-corrected chi connectivity index (χ1v) is 8.25. The van der Waals surface area contributed by atoms with Crippen LogP contribution in [0, 0.1) is 0 Å². The van der Waals surface area contributed by atoms with Gasteiger partial charge in [0.25, 0.3) is 0 Å². The number of urea groups is 1. The lowest BCUT2D eigenvalue weighted by atomic mass is 10.1. The van der Waals surface area contributed by atoms with Crippen LogP contribution in [0.3, 0.4) is 0 Å². The highest BCUT2D eigenvalue weighted by Gasteiger charge is 2.32. The molecule has 0 unspecified atom stereocenters. The van der Waals surface area contributed by atoms with E-state index in [4.69, 9.17) is 5.73 Å². The molecule has 1 saturated carbocycles. The summed E-state index contributed by atoms with van der Waals surface area (Å²) in [5, 5.41) is 6.44. The molecule has 2 rings (SSSR count). The van der Waals surface area contributed by atoms with Crippen LogP contribution in [0.15, 0.2) is 0 Å². The third-order valence-electron chi connectivity index (χ3n) is 4.55. The van der Waals surface area contributed by atoms with Crippen molar-refractivity contribution in [2.75, 3.05) is 19.6 Å². The fourth-order valence-corrected chi connectivity index (χ4v) is 3.37. The average Bonchev–Trinajstić information content (AvgIpc) is 2.82. The molecular formula is C15H28N4O2. The second-order valence-electron chi connectivity index (χ2n) is 6.12. The molecule has 0 radical (unpaired) electrons. The first-order chi connectivity index (χ1) is 10.2. The van der Waals surface area contributed by atoms with Gasteiger partial charge in [0, 0.05) is 25.7 Å². The Morgan fingerprint density at radius 1 is 1.00 bits per heavy atom. The largest absolute Gasteiger partial charge is 0.353 e. The van der Waals surface area contributed by atoms with Crippen molar-refractivity contribution in [3.05, 3.63) is 0 Å². The van der Waals surface area contributed by atoms with Gasteiger partial charge in [-0.1, -0.05) is 25.7 Å².